The number of aromatic amines is 1. The van der Waals surface area contributed by atoms with E-state index in [1.165, 1.54) is 6.42 Å². The highest BCUT2D eigenvalue weighted by molar-refractivity contribution is 5.99. The van der Waals surface area contributed by atoms with Crippen molar-refractivity contribution in [3.05, 3.63) is 94.2 Å². The van der Waals surface area contributed by atoms with E-state index in [9.17, 15) is 9.59 Å². The molecule has 3 aromatic rings. The van der Waals surface area contributed by atoms with Gasteiger partial charge in [-0.15, -0.1) is 0 Å². The second-order valence-corrected chi connectivity index (χ2v) is 12.0. The highest BCUT2D eigenvalue weighted by atomic mass is 16.5. The summed E-state index contributed by atoms with van der Waals surface area (Å²) in [5.41, 5.74) is 6.10. The number of dihydropyridines is 1. The van der Waals surface area contributed by atoms with Gasteiger partial charge >= 0.3 is 0 Å². The van der Waals surface area contributed by atoms with Crippen LogP contribution in [0.5, 0.6) is 5.75 Å². The van der Waals surface area contributed by atoms with Gasteiger partial charge in [-0.2, -0.15) is 0 Å². The maximum Gasteiger partial charge on any atom is 0.209 e. The van der Waals surface area contributed by atoms with E-state index < -0.39 is 5.60 Å². The summed E-state index contributed by atoms with van der Waals surface area (Å²) in [5.74, 6) is 2.99. The molecule has 1 aromatic heterocycles. The predicted octanol–water partition coefficient (Wildman–Crippen LogP) is 7.07. The number of carbonyl (C=O) groups excluding carboxylic acids is 2. The zero-order chi connectivity index (χ0) is 28.6. The first-order valence-electron chi connectivity index (χ1n) is 14.8. The van der Waals surface area contributed by atoms with Gasteiger partial charge in [-0.3, -0.25) is 4.79 Å². The number of rotatable bonds is 7. The van der Waals surface area contributed by atoms with E-state index >= 15 is 0 Å². The van der Waals surface area contributed by atoms with Crippen LogP contribution in [-0.4, -0.2) is 29.4 Å². The summed E-state index contributed by atoms with van der Waals surface area (Å²) in [6.07, 6.45) is 8.74. The molecule has 2 aromatic carbocycles. The molecule has 212 valence electrons. The molecule has 6 nitrogen and oxygen atoms in total. The van der Waals surface area contributed by atoms with Crippen molar-refractivity contribution in [1.82, 2.24) is 10.3 Å². The van der Waals surface area contributed by atoms with Crippen molar-refractivity contribution in [2.45, 2.75) is 76.7 Å². The van der Waals surface area contributed by atoms with Crippen LogP contribution < -0.4 is 10.1 Å². The molecule has 2 aliphatic carbocycles. The maximum absolute atomic E-state index is 14.1. The first-order valence-corrected chi connectivity index (χ1v) is 14.8. The van der Waals surface area contributed by atoms with Gasteiger partial charge in [0, 0.05) is 57.9 Å². The number of H-pyrrole nitrogens is 1. The van der Waals surface area contributed by atoms with Gasteiger partial charge in [-0.25, -0.2) is 4.79 Å². The van der Waals surface area contributed by atoms with Crippen LogP contribution >= 0.6 is 0 Å². The average Bonchev–Trinajstić information content (AvgIpc) is 3.46. The van der Waals surface area contributed by atoms with Crippen LogP contribution in [0.4, 0.5) is 0 Å². The van der Waals surface area contributed by atoms with E-state index in [1.54, 1.807) is 7.11 Å². The number of aromatic nitrogens is 1. The lowest BCUT2D eigenvalue weighted by Gasteiger charge is -2.40. The summed E-state index contributed by atoms with van der Waals surface area (Å²) in [5, 5.41) is 4.68. The van der Waals surface area contributed by atoms with Crippen LogP contribution in [0.15, 0.2) is 83.0 Å². The Morgan fingerprint density at radius 3 is 2.63 bits per heavy atom. The van der Waals surface area contributed by atoms with E-state index in [-0.39, 0.29) is 23.4 Å². The summed E-state index contributed by atoms with van der Waals surface area (Å²) in [7, 11) is 1.67. The molecule has 1 saturated carbocycles. The smallest absolute Gasteiger partial charge is 0.209 e. The van der Waals surface area contributed by atoms with Crippen LogP contribution in [0.2, 0.25) is 0 Å². The Labute approximate surface area is 241 Å². The Morgan fingerprint density at radius 2 is 1.85 bits per heavy atom. The van der Waals surface area contributed by atoms with Crippen LogP contribution in [0.25, 0.3) is 10.9 Å². The number of ketones is 1. The Hall–Kier alpha value is -4.02. The van der Waals surface area contributed by atoms with Gasteiger partial charge in [0.15, 0.2) is 11.7 Å². The van der Waals surface area contributed by atoms with Crippen LogP contribution in [-0.2, 0) is 20.7 Å². The fourth-order valence-corrected chi connectivity index (χ4v) is 7.24. The zero-order valence-corrected chi connectivity index (χ0v) is 24.1. The topological polar surface area (TPSA) is 80.4 Å². The van der Waals surface area contributed by atoms with E-state index in [0.29, 0.717) is 19.3 Å². The molecule has 2 heterocycles. The number of allylic oxidation sites excluding steroid dienone is 4. The number of carbonyl (C=O) groups is 1. The Kier molecular flexibility index (Phi) is 7.35. The molecular formula is C35H38N2O4. The van der Waals surface area contributed by atoms with E-state index in [4.69, 9.17) is 9.47 Å². The van der Waals surface area contributed by atoms with Crippen LogP contribution in [0.1, 0.15) is 75.8 Å². The fourth-order valence-electron chi connectivity index (χ4n) is 7.24. The third-order valence-corrected chi connectivity index (χ3v) is 9.23. The molecule has 0 bridgehead atoms. The van der Waals surface area contributed by atoms with Gasteiger partial charge < -0.3 is 19.8 Å². The number of nitrogens with one attached hydrogen (secondary N) is 2. The third-order valence-electron chi connectivity index (χ3n) is 9.23. The Morgan fingerprint density at radius 1 is 1.05 bits per heavy atom. The van der Waals surface area contributed by atoms with E-state index in [0.717, 1.165) is 76.0 Å². The Balaban J connectivity index is 1.42. The lowest BCUT2D eigenvalue weighted by molar-refractivity contribution is -0.117. The maximum atomic E-state index is 14.1. The van der Waals surface area contributed by atoms with Crippen molar-refractivity contribution < 1.29 is 19.1 Å². The highest BCUT2D eigenvalue weighted by Gasteiger charge is 2.42. The SMILES string of the molecule is COc1ccccc1[C@H]1CC(=O)C2=C(C1)NC(C)=C(C(=C=O)OC1(C)CCCCC1)[C@H]2Cc1cccc2[nH]ccc12. The van der Waals surface area contributed by atoms with Gasteiger partial charge in [0.25, 0.3) is 0 Å². The monoisotopic (exact) mass is 550 g/mol. The van der Waals surface area contributed by atoms with Crippen molar-refractivity contribution in [2.75, 3.05) is 7.11 Å². The number of para-hydroxylation sites is 1. The molecule has 2 N–H and O–H groups in total. The average molecular weight is 551 g/mol. The summed E-state index contributed by atoms with van der Waals surface area (Å²) in [6.45, 7) is 4.09. The molecule has 0 radical (unpaired) electrons. The van der Waals surface area contributed by atoms with Crippen molar-refractivity contribution in [1.29, 1.82) is 0 Å². The first kappa shape index (κ1) is 27.2. The quantitative estimate of drug-likeness (QED) is 0.243. The van der Waals surface area contributed by atoms with Gasteiger partial charge in [-0.1, -0.05) is 36.8 Å². The van der Waals surface area contributed by atoms with E-state index in [1.807, 2.05) is 37.4 Å². The summed E-state index contributed by atoms with van der Waals surface area (Å²) in [6, 6.07) is 16.2. The molecule has 1 aliphatic heterocycles. The zero-order valence-electron chi connectivity index (χ0n) is 24.1. The molecule has 3 aliphatic rings. The third kappa shape index (κ3) is 5.13. The van der Waals surface area contributed by atoms with Crippen LogP contribution in [0, 0.1) is 5.92 Å². The van der Waals surface area contributed by atoms with Crippen molar-refractivity contribution in [3.8, 4) is 5.75 Å². The molecule has 0 unspecified atom stereocenters. The number of benzene rings is 2. The van der Waals surface area contributed by atoms with Gasteiger partial charge in [0.05, 0.1) is 7.11 Å². The van der Waals surface area contributed by atoms with Crippen molar-refractivity contribution in [3.63, 3.8) is 0 Å². The molecule has 6 rings (SSSR count). The van der Waals surface area contributed by atoms with Gasteiger partial charge in [0.2, 0.25) is 5.76 Å². The van der Waals surface area contributed by atoms with Crippen molar-refractivity contribution in [2.24, 2.45) is 5.92 Å². The summed E-state index contributed by atoms with van der Waals surface area (Å²) >= 11 is 0. The molecule has 41 heavy (non-hydrogen) atoms. The lowest BCUT2D eigenvalue weighted by atomic mass is 9.71. The minimum Gasteiger partial charge on any atom is -0.496 e. The summed E-state index contributed by atoms with van der Waals surface area (Å²) in [4.78, 5) is 30.0. The molecule has 2 atom stereocenters. The molecule has 0 amide bonds. The second-order valence-electron chi connectivity index (χ2n) is 12.0. The Bertz CT molecular complexity index is 1600. The number of fused-ring (bicyclic) bond motifs is 1. The second kappa shape index (κ2) is 11.1. The van der Waals surface area contributed by atoms with E-state index in [2.05, 4.69) is 47.4 Å². The number of Topliss-reactive ketones (excluding diaryl/α,β-unsaturated/α-hetero) is 1. The fraction of sp³-hybridized carbons (Fsp3) is 0.400. The standard InChI is InChI=1S/C35H38N2O4/c1-22-33(32(21-38)41-35(2)15-7-4-8-16-35)27(18-23-10-9-12-28-25(23)14-17-36-28)34-29(37-22)19-24(20-30(34)39)26-11-5-6-13-31(26)40-3/h5-6,9-14,17,24,27,36-37H,4,7-8,15-16,18-20H2,1-3H3/t24-,27-/m1/s1. The largest absolute Gasteiger partial charge is 0.496 e. The molecule has 0 spiro atoms. The predicted molar refractivity (Wildman–Crippen MR) is 160 cm³/mol. The minimum atomic E-state index is -0.413. The molecule has 6 heteroatoms. The van der Waals surface area contributed by atoms with Gasteiger partial charge in [-0.05, 0) is 81.7 Å². The van der Waals surface area contributed by atoms with Crippen LogP contribution in [0.3, 0.4) is 0 Å². The highest BCUT2D eigenvalue weighted by Crippen LogP contribution is 2.47. The molecule has 1 fully saturated rings. The van der Waals surface area contributed by atoms with Gasteiger partial charge in [0.1, 0.15) is 11.4 Å². The number of hydrogen-bond acceptors (Lipinski definition) is 5. The summed E-state index contributed by atoms with van der Waals surface area (Å²) < 4.78 is 12.2. The van der Waals surface area contributed by atoms with Crippen molar-refractivity contribution >= 4 is 22.6 Å². The lowest BCUT2D eigenvalue weighted by Crippen LogP contribution is -2.38. The molecular weight excluding hydrogens is 512 g/mol. The molecule has 0 saturated heterocycles. The minimum absolute atomic E-state index is 0.00601. The number of ether oxygens (including phenoxy) is 2. The first-order chi connectivity index (χ1) is 19.9. The normalized spacial score (nSPS) is 22.2. The number of hydrogen-bond donors (Lipinski definition) is 2. The number of methoxy groups -OCH3 is 1.